The van der Waals surface area contributed by atoms with E-state index in [9.17, 15) is 8.42 Å². The average molecular weight is 371 g/mol. The maximum absolute atomic E-state index is 11.5. The molecule has 0 spiro atoms. The van der Waals surface area contributed by atoms with Crippen LogP contribution in [-0.4, -0.2) is 28.6 Å². The van der Waals surface area contributed by atoms with Crippen molar-refractivity contribution in [3.05, 3.63) is 46.9 Å². The fourth-order valence-corrected chi connectivity index (χ4v) is 2.80. The molecule has 0 atom stereocenters. The molecule has 2 aromatic carbocycles. The zero-order valence-electron chi connectivity index (χ0n) is 11.7. The summed E-state index contributed by atoms with van der Waals surface area (Å²) in [5.41, 5.74) is 1.85. The van der Waals surface area contributed by atoms with Crippen LogP contribution in [0.1, 0.15) is 0 Å². The topological polar surface area (TPSA) is 52.6 Å². The Morgan fingerprint density at radius 3 is 2.24 bits per heavy atom. The number of benzene rings is 2. The predicted octanol–water partition coefficient (Wildman–Crippen LogP) is 3.50. The predicted molar refractivity (Wildman–Crippen MR) is 85.2 cm³/mol. The molecule has 0 amide bonds. The van der Waals surface area contributed by atoms with Gasteiger partial charge in [0, 0.05) is 13.4 Å². The van der Waals surface area contributed by atoms with Crippen LogP contribution in [0.3, 0.4) is 0 Å². The summed E-state index contributed by atoms with van der Waals surface area (Å²) in [4.78, 5) is 0.305. The Morgan fingerprint density at radius 1 is 1.05 bits per heavy atom. The van der Waals surface area contributed by atoms with Crippen LogP contribution in [0.15, 0.2) is 51.8 Å². The van der Waals surface area contributed by atoms with Gasteiger partial charge in [-0.1, -0.05) is 18.2 Å². The summed E-state index contributed by atoms with van der Waals surface area (Å²) in [7, 11) is -1.62. The standard InChI is InChI=1S/C15H15BrO4S/c1-19-10-20-15-9-12(5-8-14(15)16)11-3-6-13(7-4-11)21(2,17)18/h3-9H,10H2,1-2H3. The van der Waals surface area contributed by atoms with Gasteiger partial charge >= 0.3 is 0 Å². The molecule has 2 aromatic rings. The zero-order chi connectivity index (χ0) is 15.5. The van der Waals surface area contributed by atoms with Crippen LogP contribution in [0.4, 0.5) is 0 Å². The second-order valence-electron chi connectivity index (χ2n) is 4.49. The van der Waals surface area contributed by atoms with E-state index in [1.54, 1.807) is 31.4 Å². The third kappa shape index (κ3) is 4.06. The van der Waals surface area contributed by atoms with Crippen LogP contribution in [0.2, 0.25) is 0 Å². The summed E-state index contributed by atoms with van der Waals surface area (Å²) in [6, 6.07) is 12.4. The van der Waals surface area contributed by atoms with Crippen molar-refractivity contribution < 1.29 is 17.9 Å². The van der Waals surface area contributed by atoms with Crippen LogP contribution in [0.5, 0.6) is 5.75 Å². The van der Waals surface area contributed by atoms with Crippen molar-refractivity contribution in [1.29, 1.82) is 0 Å². The Morgan fingerprint density at radius 2 is 1.67 bits per heavy atom. The Bertz CT molecular complexity index is 724. The van der Waals surface area contributed by atoms with Crippen molar-refractivity contribution in [2.75, 3.05) is 20.2 Å². The molecule has 0 radical (unpaired) electrons. The molecule has 0 saturated carbocycles. The van der Waals surface area contributed by atoms with Gasteiger partial charge in [-0.25, -0.2) is 8.42 Å². The quantitative estimate of drug-likeness (QED) is 0.755. The van der Waals surface area contributed by atoms with Crippen LogP contribution in [-0.2, 0) is 14.6 Å². The van der Waals surface area contributed by atoms with E-state index in [2.05, 4.69) is 15.9 Å². The first kappa shape index (κ1) is 16.0. The summed E-state index contributed by atoms with van der Waals surface area (Å²) < 4.78 is 34.1. The van der Waals surface area contributed by atoms with Crippen molar-refractivity contribution in [2.45, 2.75) is 4.90 Å². The monoisotopic (exact) mass is 370 g/mol. The molecule has 0 bridgehead atoms. The highest BCUT2D eigenvalue weighted by Crippen LogP contribution is 2.31. The second-order valence-corrected chi connectivity index (χ2v) is 7.36. The lowest BCUT2D eigenvalue weighted by Crippen LogP contribution is -1.99. The first-order chi connectivity index (χ1) is 9.91. The molecule has 0 unspecified atom stereocenters. The molecule has 0 aromatic heterocycles. The van der Waals surface area contributed by atoms with Gasteiger partial charge in [0.25, 0.3) is 0 Å². The van der Waals surface area contributed by atoms with E-state index < -0.39 is 9.84 Å². The van der Waals surface area contributed by atoms with E-state index in [1.807, 2.05) is 18.2 Å². The number of sulfone groups is 1. The molecule has 4 nitrogen and oxygen atoms in total. The minimum Gasteiger partial charge on any atom is -0.466 e. The Labute approximate surface area is 132 Å². The average Bonchev–Trinajstić information content (AvgIpc) is 2.46. The highest BCUT2D eigenvalue weighted by molar-refractivity contribution is 9.10. The largest absolute Gasteiger partial charge is 0.466 e. The molecule has 0 fully saturated rings. The molecular formula is C15H15BrO4S. The van der Waals surface area contributed by atoms with Crippen molar-refractivity contribution in [2.24, 2.45) is 0 Å². The summed E-state index contributed by atoms with van der Waals surface area (Å²) >= 11 is 3.41. The minimum absolute atomic E-state index is 0.162. The molecule has 112 valence electrons. The fourth-order valence-electron chi connectivity index (χ4n) is 1.81. The first-order valence-corrected chi connectivity index (χ1v) is 8.82. The lowest BCUT2D eigenvalue weighted by Gasteiger charge is -2.10. The van der Waals surface area contributed by atoms with Gasteiger partial charge < -0.3 is 9.47 Å². The number of rotatable bonds is 5. The molecule has 0 aliphatic carbocycles. The number of ether oxygens (including phenoxy) is 2. The van der Waals surface area contributed by atoms with Gasteiger partial charge in [-0.3, -0.25) is 0 Å². The van der Waals surface area contributed by atoms with Gasteiger partial charge in [0.1, 0.15) is 5.75 Å². The van der Waals surface area contributed by atoms with Crippen molar-refractivity contribution in [1.82, 2.24) is 0 Å². The van der Waals surface area contributed by atoms with E-state index in [4.69, 9.17) is 9.47 Å². The molecule has 0 N–H and O–H groups in total. The van der Waals surface area contributed by atoms with Crippen LogP contribution < -0.4 is 4.74 Å². The van der Waals surface area contributed by atoms with Crippen LogP contribution in [0, 0.1) is 0 Å². The van der Waals surface area contributed by atoms with Gasteiger partial charge in [-0.05, 0) is 51.3 Å². The molecule has 6 heteroatoms. The van der Waals surface area contributed by atoms with Gasteiger partial charge in [0.15, 0.2) is 16.6 Å². The summed E-state index contributed by atoms with van der Waals surface area (Å²) in [5, 5.41) is 0. The third-order valence-electron chi connectivity index (χ3n) is 2.88. The molecule has 0 aliphatic heterocycles. The molecule has 0 heterocycles. The van der Waals surface area contributed by atoms with E-state index in [1.165, 1.54) is 6.26 Å². The molecule has 2 rings (SSSR count). The third-order valence-corrected chi connectivity index (χ3v) is 4.66. The van der Waals surface area contributed by atoms with E-state index >= 15 is 0 Å². The normalized spacial score (nSPS) is 11.4. The minimum atomic E-state index is -3.18. The van der Waals surface area contributed by atoms with Gasteiger partial charge in [-0.15, -0.1) is 0 Å². The Balaban J connectivity index is 2.33. The van der Waals surface area contributed by atoms with Crippen molar-refractivity contribution in [3.63, 3.8) is 0 Å². The number of hydrogen-bond acceptors (Lipinski definition) is 4. The van der Waals surface area contributed by atoms with E-state index in [0.29, 0.717) is 10.6 Å². The highest BCUT2D eigenvalue weighted by atomic mass is 79.9. The van der Waals surface area contributed by atoms with E-state index in [0.717, 1.165) is 15.6 Å². The van der Waals surface area contributed by atoms with Crippen LogP contribution >= 0.6 is 15.9 Å². The summed E-state index contributed by atoms with van der Waals surface area (Å²) in [6.07, 6.45) is 1.19. The molecular weight excluding hydrogens is 356 g/mol. The summed E-state index contributed by atoms with van der Waals surface area (Å²) in [5.74, 6) is 0.668. The van der Waals surface area contributed by atoms with Gasteiger partial charge in [0.2, 0.25) is 0 Å². The van der Waals surface area contributed by atoms with Crippen molar-refractivity contribution in [3.8, 4) is 16.9 Å². The molecule has 0 saturated heterocycles. The highest BCUT2D eigenvalue weighted by Gasteiger charge is 2.08. The first-order valence-electron chi connectivity index (χ1n) is 6.13. The zero-order valence-corrected chi connectivity index (χ0v) is 14.1. The smallest absolute Gasteiger partial charge is 0.188 e. The molecule has 21 heavy (non-hydrogen) atoms. The Hall–Kier alpha value is -1.37. The van der Waals surface area contributed by atoms with Crippen LogP contribution in [0.25, 0.3) is 11.1 Å². The maximum Gasteiger partial charge on any atom is 0.188 e. The number of methoxy groups -OCH3 is 1. The number of halogens is 1. The maximum atomic E-state index is 11.5. The lowest BCUT2D eigenvalue weighted by molar-refractivity contribution is 0.0506. The molecule has 0 aliphatic rings. The van der Waals surface area contributed by atoms with Gasteiger partial charge in [0.05, 0.1) is 9.37 Å². The van der Waals surface area contributed by atoms with E-state index in [-0.39, 0.29) is 6.79 Å². The SMILES string of the molecule is COCOc1cc(-c2ccc(S(C)(=O)=O)cc2)ccc1Br. The fraction of sp³-hybridized carbons (Fsp3) is 0.200. The van der Waals surface area contributed by atoms with Gasteiger partial charge in [-0.2, -0.15) is 0 Å². The van der Waals surface area contributed by atoms with Crippen molar-refractivity contribution >= 4 is 25.8 Å². The summed E-state index contributed by atoms with van der Waals surface area (Å²) in [6.45, 7) is 0.162. The number of hydrogen-bond donors (Lipinski definition) is 0. The lowest BCUT2D eigenvalue weighted by atomic mass is 10.1. The second kappa shape index (κ2) is 6.60. The Kier molecular flexibility index (Phi) is 5.03.